The number of carbonyl (C=O) groups is 1. The summed E-state index contributed by atoms with van der Waals surface area (Å²) in [6, 6.07) is 8.29. The zero-order valence-corrected chi connectivity index (χ0v) is 12.8. The molecule has 0 radical (unpaired) electrons. The smallest absolute Gasteiger partial charge is 0.183 e. The predicted octanol–water partition coefficient (Wildman–Crippen LogP) is 3.01. The Kier molecular flexibility index (Phi) is 4.60. The Balaban J connectivity index is 1.88. The molecular weight excluding hydrogens is 270 g/mol. The Bertz CT molecular complexity index is 556. The molecule has 4 nitrogen and oxygen atoms in total. The second-order valence-corrected chi connectivity index (χ2v) is 6.71. The van der Waals surface area contributed by atoms with E-state index in [1.807, 2.05) is 12.1 Å². The molecule has 106 valence electrons. The molecule has 0 spiro atoms. The van der Waals surface area contributed by atoms with Gasteiger partial charge in [0.2, 0.25) is 0 Å². The van der Waals surface area contributed by atoms with E-state index in [2.05, 4.69) is 48.1 Å². The maximum atomic E-state index is 11.9. The fourth-order valence-electron chi connectivity index (χ4n) is 1.81. The van der Waals surface area contributed by atoms with E-state index in [4.69, 9.17) is 0 Å². The fraction of sp³-hybridized carbons (Fsp3) is 0.400. The Morgan fingerprint density at radius 3 is 2.50 bits per heavy atom. The van der Waals surface area contributed by atoms with Crippen molar-refractivity contribution in [2.24, 2.45) is 0 Å². The number of thioether (sulfide) groups is 1. The molecule has 0 unspecified atom stereocenters. The van der Waals surface area contributed by atoms with Crippen molar-refractivity contribution in [2.45, 2.75) is 37.8 Å². The molecule has 0 amide bonds. The molecule has 0 aliphatic carbocycles. The number of nitrogens with zero attached hydrogens (tertiary/aromatic N) is 2. The number of hydrogen-bond donors (Lipinski definition) is 1. The Hall–Kier alpha value is -1.62. The third-order valence-electron chi connectivity index (χ3n) is 2.98. The SMILES string of the molecule is CC(C)(C)c1ccc(CC(=O)CSc2ncn[nH]2)cc1. The van der Waals surface area contributed by atoms with E-state index in [0.29, 0.717) is 17.3 Å². The summed E-state index contributed by atoms with van der Waals surface area (Å²) in [6.45, 7) is 6.55. The number of nitrogens with one attached hydrogen (secondary N) is 1. The molecule has 20 heavy (non-hydrogen) atoms. The van der Waals surface area contributed by atoms with Gasteiger partial charge in [-0.15, -0.1) is 0 Å². The molecule has 0 atom stereocenters. The average molecular weight is 289 g/mol. The lowest BCUT2D eigenvalue weighted by atomic mass is 9.86. The van der Waals surface area contributed by atoms with Crippen molar-refractivity contribution in [3.63, 3.8) is 0 Å². The quantitative estimate of drug-likeness (QED) is 0.860. The summed E-state index contributed by atoms with van der Waals surface area (Å²) in [7, 11) is 0. The molecule has 0 aliphatic rings. The van der Waals surface area contributed by atoms with Crippen LogP contribution in [0.5, 0.6) is 0 Å². The van der Waals surface area contributed by atoms with Crippen LogP contribution in [0.15, 0.2) is 35.7 Å². The summed E-state index contributed by atoms with van der Waals surface area (Å²) in [5.74, 6) is 0.603. The zero-order chi connectivity index (χ0) is 14.6. The minimum Gasteiger partial charge on any atom is -0.298 e. The summed E-state index contributed by atoms with van der Waals surface area (Å²) < 4.78 is 0. The molecule has 0 aliphatic heterocycles. The first kappa shape index (κ1) is 14.8. The third-order valence-corrected chi connectivity index (χ3v) is 3.92. The predicted molar refractivity (Wildman–Crippen MR) is 81.0 cm³/mol. The summed E-state index contributed by atoms with van der Waals surface area (Å²) in [4.78, 5) is 15.9. The molecule has 5 heteroatoms. The Morgan fingerprint density at radius 2 is 1.95 bits per heavy atom. The van der Waals surface area contributed by atoms with Gasteiger partial charge in [-0.1, -0.05) is 56.8 Å². The van der Waals surface area contributed by atoms with Crippen LogP contribution in [-0.4, -0.2) is 26.7 Å². The van der Waals surface area contributed by atoms with Gasteiger partial charge < -0.3 is 0 Å². The summed E-state index contributed by atoms with van der Waals surface area (Å²) in [5.41, 5.74) is 2.48. The van der Waals surface area contributed by atoms with Gasteiger partial charge in [-0.05, 0) is 16.5 Å². The van der Waals surface area contributed by atoms with Crippen molar-refractivity contribution in [1.29, 1.82) is 0 Å². The minimum absolute atomic E-state index is 0.144. The van der Waals surface area contributed by atoms with E-state index in [9.17, 15) is 4.79 Å². The summed E-state index contributed by atoms with van der Waals surface area (Å²) in [6.07, 6.45) is 1.91. The van der Waals surface area contributed by atoms with Gasteiger partial charge in [-0.3, -0.25) is 9.89 Å². The molecule has 0 saturated heterocycles. The fourth-order valence-corrected chi connectivity index (χ4v) is 2.45. The average Bonchev–Trinajstić information content (AvgIpc) is 2.89. The highest BCUT2D eigenvalue weighted by Crippen LogP contribution is 2.22. The van der Waals surface area contributed by atoms with Gasteiger partial charge in [0.15, 0.2) is 5.16 Å². The van der Waals surface area contributed by atoms with Crippen molar-refractivity contribution in [2.75, 3.05) is 5.75 Å². The summed E-state index contributed by atoms with van der Waals surface area (Å²) >= 11 is 1.38. The minimum atomic E-state index is 0.144. The topological polar surface area (TPSA) is 58.6 Å². The van der Waals surface area contributed by atoms with Crippen LogP contribution in [0.25, 0.3) is 0 Å². The Labute approximate surface area is 123 Å². The molecule has 0 saturated carbocycles. The van der Waals surface area contributed by atoms with Gasteiger partial charge in [0.25, 0.3) is 0 Å². The molecule has 1 aromatic carbocycles. The third kappa shape index (κ3) is 4.20. The van der Waals surface area contributed by atoms with Gasteiger partial charge in [0, 0.05) is 6.42 Å². The van der Waals surface area contributed by atoms with Gasteiger partial charge in [0.05, 0.1) is 5.75 Å². The molecule has 1 N–H and O–H groups in total. The zero-order valence-electron chi connectivity index (χ0n) is 12.0. The van der Waals surface area contributed by atoms with Crippen molar-refractivity contribution in [1.82, 2.24) is 15.2 Å². The number of rotatable bonds is 5. The standard InChI is InChI=1S/C15H19N3OS/c1-15(2,3)12-6-4-11(5-7-12)8-13(19)9-20-14-16-10-17-18-14/h4-7,10H,8-9H2,1-3H3,(H,16,17,18). The highest BCUT2D eigenvalue weighted by atomic mass is 32.2. The number of ketones is 1. The van der Waals surface area contributed by atoms with Crippen LogP contribution in [0.2, 0.25) is 0 Å². The Morgan fingerprint density at radius 1 is 1.25 bits per heavy atom. The van der Waals surface area contributed by atoms with Crippen LogP contribution < -0.4 is 0 Å². The number of Topliss-reactive ketones (excluding diaryl/α,β-unsaturated/α-hetero) is 1. The molecule has 0 fully saturated rings. The molecule has 1 aromatic heterocycles. The maximum absolute atomic E-state index is 11.9. The van der Waals surface area contributed by atoms with E-state index in [0.717, 1.165) is 5.56 Å². The van der Waals surface area contributed by atoms with E-state index < -0.39 is 0 Å². The lowest BCUT2D eigenvalue weighted by molar-refractivity contribution is -0.116. The molecule has 0 bridgehead atoms. The van der Waals surface area contributed by atoms with Crippen LogP contribution in [0.1, 0.15) is 31.9 Å². The number of aromatic nitrogens is 3. The van der Waals surface area contributed by atoms with Crippen molar-refractivity contribution in [3.05, 3.63) is 41.7 Å². The van der Waals surface area contributed by atoms with Gasteiger partial charge in [0.1, 0.15) is 12.1 Å². The van der Waals surface area contributed by atoms with Gasteiger partial charge in [-0.2, -0.15) is 5.10 Å². The second kappa shape index (κ2) is 6.22. The van der Waals surface area contributed by atoms with Crippen molar-refractivity contribution in [3.8, 4) is 0 Å². The highest BCUT2D eigenvalue weighted by Gasteiger charge is 2.13. The number of hydrogen-bond acceptors (Lipinski definition) is 4. The first-order chi connectivity index (χ1) is 9.45. The lowest BCUT2D eigenvalue weighted by Crippen LogP contribution is -2.11. The van der Waals surface area contributed by atoms with Crippen LogP contribution in [0.4, 0.5) is 0 Å². The van der Waals surface area contributed by atoms with Gasteiger partial charge >= 0.3 is 0 Å². The van der Waals surface area contributed by atoms with Crippen molar-refractivity contribution < 1.29 is 4.79 Å². The number of aromatic amines is 1. The van der Waals surface area contributed by atoms with Crippen LogP contribution in [0.3, 0.4) is 0 Å². The number of benzene rings is 1. The second-order valence-electron chi connectivity index (χ2n) is 5.74. The van der Waals surface area contributed by atoms with Crippen LogP contribution >= 0.6 is 11.8 Å². The number of carbonyl (C=O) groups excluding carboxylic acids is 1. The molecular formula is C15H19N3OS. The monoisotopic (exact) mass is 289 g/mol. The molecule has 1 heterocycles. The van der Waals surface area contributed by atoms with E-state index in [1.165, 1.54) is 23.7 Å². The van der Waals surface area contributed by atoms with E-state index >= 15 is 0 Å². The van der Waals surface area contributed by atoms with Crippen LogP contribution in [0, 0.1) is 0 Å². The van der Waals surface area contributed by atoms with Crippen LogP contribution in [-0.2, 0) is 16.6 Å². The largest absolute Gasteiger partial charge is 0.298 e. The van der Waals surface area contributed by atoms with Crippen molar-refractivity contribution >= 4 is 17.5 Å². The first-order valence-corrected chi connectivity index (χ1v) is 7.53. The lowest BCUT2D eigenvalue weighted by Gasteiger charge is -2.19. The highest BCUT2D eigenvalue weighted by molar-refractivity contribution is 7.99. The van der Waals surface area contributed by atoms with Gasteiger partial charge in [-0.25, -0.2) is 4.98 Å². The molecule has 2 rings (SSSR count). The normalized spacial score (nSPS) is 11.6. The first-order valence-electron chi connectivity index (χ1n) is 6.54. The molecule has 2 aromatic rings. The van der Waals surface area contributed by atoms with E-state index in [1.54, 1.807) is 0 Å². The maximum Gasteiger partial charge on any atom is 0.183 e. The number of H-pyrrole nitrogens is 1. The van der Waals surface area contributed by atoms with E-state index in [-0.39, 0.29) is 11.2 Å². The summed E-state index contributed by atoms with van der Waals surface area (Å²) in [5, 5.41) is 7.16.